The number of ether oxygens (including phenoxy) is 2. The minimum Gasteiger partial charge on any atom is -0.492 e. The Balaban J connectivity index is 0.00000245. The number of rotatable bonds is 7. The quantitative estimate of drug-likeness (QED) is 0.616. The van der Waals surface area contributed by atoms with Gasteiger partial charge in [-0.3, -0.25) is 9.67 Å². The topological polar surface area (TPSA) is 88.8 Å². The van der Waals surface area contributed by atoms with E-state index in [1.165, 1.54) is 0 Å². The van der Waals surface area contributed by atoms with Crippen molar-refractivity contribution in [3.8, 4) is 11.6 Å². The van der Waals surface area contributed by atoms with Crippen LogP contribution in [0.25, 0.3) is 0 Å². The number of halogens is 1. The summed E-state index contributed by atoms with van der Waals surface area (Å²) in [5.41, 5.74) is 1.13. The van der Waals surface area contributed by atoms with Crippen LogP contribution < -0.4 is 20.1 Å². The van der Waals surface area contributed by atoms with Gasteiger partial charge in [0.15, 0.2) is 5.82 Å². The highest BCUT2D eigenvalue weighted by Gasteiger charge is 2.27. The molecule has 1 fully saturated rings. The number of aromatic nitrogens is 3. The zero-order chi connectivity index (χ0) is 21.2. The summed E-state index contributed by atoms with van der Waals surface area (Å²) in [5, 5.41) is 10.9. The van der Waals surface area contributed by atoms with Crippen LogP contribution in [0.4, 0.5) is 5.82 Å². The lowest BCUT2D eigenvalue weighted by atomic mass is 9.93. The van der Waals surface area contributed by atoms with Gasteiger partial charge in [0.2, 0.25) is 5.88 Å². The zero-order valence-corrected chi connectivity index (χ0v) is 19.0. The van der Waals surface area contributed by atoms with Crippen molar-refractivity contribution in [1.29, 1.82) is 0 Å². The lowest BCUT2D eigenvalue weighted by Crippen LogP contribution is -2.46. The third-order valence-electron chi connectivity index (χ3n) is 5.62. The molecule has 0 saturated carbocycles. The lowest BCUT2D eigenvalue weighted by molar-refractivity contribution is 0.0855. The maximum Gasteiger partial charge on any atom is 0.214 e. The first-order valence-electron chi connectivity index (χ1n) is 10.5. The molecule has 1 aliphatic carbocycles. The fourth-order valence-electron chi connectivity index (χ4n) is 4.05. The summed E-state index contributed by atoms with van der Waals surface area (Å²) in [5.74, 6) is 3.64. The number of anilines is 1. The van der Waals surface area contributed by atoms with E-state index in [0.29, 0.717) is 18.2 Å². The van der Waals surface area contributed by atoms with Gasteiger partial charge in [0, 0.05) is 56.4 Å². The smallest absolute Gasteiger partial charge is 0.214 e. The Bertz CT molecular complexity index is 1010. The second-order valence-corrected chi connectivity index (χ2v) is 8.24. The Kier molecular flexibility index (Phi) is 6.66. The molecule has 32 heavy (non-hydrogen) atoms. The van der Waals surface area contributed by atoms with E-state index in [4.69, 9.17) is 9.47 Å². The fourth-order valence-corrected chi connectivity index (χ4v) is 4.05. The molecule has 0 radical (unpaired) electrons. The monoisotopic (exact) mass is 457 g/mol. The van der Waals surface area contributed by atoms with Crippen LogP contribution in [0.5, 0.6) is 11.6 Å². The summed E-state index contributed by atoms with van der Waals surface area (Å²) in [7, 11) is 4.01. The van der Waals surface area contributed by atoms with E-state index in [1.807, 2.05) is 37.5 Å². The molecule has 2 atom stereocenters. The van der Waals surface area contributed by atoms with Crippen LogP contribution in [0.1, 0.15) is 6.42 Å². The maximum absolute atomic E-state index is 6.11. The lowest BCUT2D eigenvalue weighted by Gasteiger charge is -2.35. The van der Waals surface area contributed by atoms with Gasteiger partial charge in [-0.05, 0) is 19.2 Å². The molecule has 3 aliphatic rings. The largest absolute Gasteiger partial charge is 0.492 e. The SMILES string of the molecule is CN1CC(COc2ccc(OC3C=CC4N=CNC(Nc5ccn(C)n5)=C4C3)nc2)C1.Cl. The highest BCUT2D eigenvalue weighted by atomic mass is 35.5. The molecule has 2 unspecified atom stereocenters. The first-order valence-corrected chi connectivity index (χ1v) is 10.5. The number of hydrogen-bond donors (Lipinski definition) is 2. The Morgan fingerprint density at radius 2 is 2.06 bits per heavy atom. The summed E-state index contributed by atoms with van der Waals surface area (Å²) in [6.45, 7) is 2.91. The molecule has 9 nitrogen and oxygen atoms in total. The van der Waals surface area contributed by atoms with Crippen molar-refractivity contribution in [2.45, 2.75) is 18.6 Å². The van der Waals surface area contributed by atoms with Gasteiger partial charge in [-0.1, -0.05) is 6.08 Å². The predicted octanol–water partition coefficient (Wildman–Crippen LogP) is 2.21. The maximum atomic E-state index is 6.11. The van der Waals surface area contributed by atoms with Crippen molar-refractivity contribution in [3.63, 3.8) is 0 Å². The zero-order valence-electron chi connectivity index (χ0n) is 18.1. The van der Waals surface area contributed by atoms with Crippen molar-refractivity contribution in [1.82, 2.24) is 25.0 Å². The second-order valence-electron chi connectivity index (χ2n) is 8.24. The van der Waals surface area contributed by atoms with E-state index in [2.05, 4.69) is 43.7 Å². The Labute approximate surface area is 193 Å². The number of likely N-dealkylation sites (tertiary alicyclic amines) is 1. The summed E-state index contributed by atoms with van der Waals surface area (Å²) in [6.07, 6.45) is 10.0. The van der Waals surface area contributed by atoms with Crippen molar-refractivity contribution >= 4 is 24.6 Å². The molecule has 0 spiro atoms. The molecule has 170 valence electrons. The molecule has 2 N–H and O–H groups in total. The normalized spacial score (nSPS) is 22.4. The Morgan fingerprint density at radius 1 is 1.19 bits per heavy atom. The number of aryl methyl sites for hydroxylation is 1. The Morgan fingerprint density at radius 3 is 2.78 bits per heavy atom. The van der Waals surface area contributed by atoms with Crippen LogP contribution in [-0.4, -0.2) is 64.9 Å². The molecular weight excluding hydrogens is 430 g/mol. The molecule has 1 saturated heterocycles. The average molecular weight is 458 g/mol. The van der Waals surface area contributed by atoms with Gasteiger partial charge < -0.3 is 25.0 Å². The number of nitrogens with zero attached hydrogens (tertiary/aromatic N) is 5. The van der Waals surface area contributed by atoms with Crippen molar-refractivity contribution in [2.24, 2.45) is 18.0 Å². The van der Waals surface area contributed by atoms with Crippen LogP contribution >= 0.6 is 12.4 Å². The highest BCUT2D eigenvalue weighted by Crippen LogP contribution is 2.28. The van der Waals surface area contributed by atoms with Gasteiger partial charge in [-0.2, -0.15) is 5.10 Å². The summed E-state index contributed by atoms with van der Waals surface area (Å²) >= 11 is 0. The molecule has 2 aromatic rings. The van der Waals surface area contributed by atoms with Gasteiger partial charge in [-0.25, -0.2) is 4.98 Å². The van der Waals surface area contributed by atoms with E-state index in [0.717, 1.165) is 42.7 Å². The highest BCUT2D eigenvalue weighted by molar-refractivity contribution is 5.85. The van der Waals surface area contributed by atoms with Crippen LogP contribution in [-0.2, 0) is 7.05 Å². The first-order chi connectivity index (χ1) is 15.1. The molecule has 0 aromatic carbocycles. The van der Waals surface area contributed by atoms with E-state index >= 15 is 0 Å². The number of pyridine rings is 1. The minimum absolute atomic E-state index is 0. The molecule has 0 amide bonds. The summed E-state index contributed by atoms with van der Waals surface area (Å²) in [4.78, 5) is 11.2. The third-order valence-corrected chi connectivity index (χ3v) is 5.62. The van der Waals surface area contributed by atoms with Crippen LogP contribution in [0.3, 0.4) is 0 Å². The fraction of sp³-hybridized carbons (Fsp3) is 0.409. The van der Waals surface area contributed by atoms with Gasteiger partial charge in [0.25, 0.3) is 0 Å². The summed E-state index contributed by atoms with van der Waals surface area (Å²) in [6, 6.07) is 5.71. The third kappa shape index (κ3) is 5.05. The Hall–Kier alpha value is -3.04. The summed E-state index contributed by atoms with van der Waals surface area (Å²) < 4.78 is 13.7. The number of hydrogen-bond acceptors (Lipinski definition) is 8. The van der Waals surface area contributed by atoms with E-state index in [1.54, 1.807) is 17.2 Å². The molecular formula is C22H28ClN7O2. The molecule has 2 aliphatic heterocycles. The van der Waals surface area contributed by atoms with E-state index < -0.39 is 0 Å². The van der Waals surface area contributed by atoms with Gasteiger partial charge >= 0.3 is 0 Å². The van der Waals surface area contributed by atoms with Gasteiger partial charge in [0.05, 0.1) is 25.2 Å². The number of nitrogens with one attached hydrogen (secondary N) is 2. The van der Waals surface area contributed by atoms with Crippen molar-refractivity contribution < 1.29 is 9.47 Å². The van der Waals surface area contributed by atoms with Crippen LogP contribution in [0.15, 0.2) is 59.1 Å². The molecule has 2 aromatic heterocycles. The van der Waals surface area contributed by atoms with Gasteiger partial charge in [0.1, 0.15) is 17.7 Å². The predicted molar refractivity (Wildman–Crippen MR) is 125 cm³/mol. The van der Waals surface area contributed by atoms with Crippen molar-refractivity contribution in [3.05, 3.63) is 54.1 Å². The van der Waals surface area contributed by atoms with Gasteiger partial charge in [-0.15, -0.1) is 12.4 Å². The molecule has 4 heterocycles. The standard InChI is InChI=1S/C22H27N7O2.ClH/c1-28-11-15(12-28)13-30-17-4-6-21(23-10-17)31-16-3-5-19-18(9-16)22(25-14-24-19)26-20-7-8-29(2)27-20;/h3-8,10,14-16,19H,9,11-13H2,1-2H3,(H,24,25)(H,26,27);1H. The number of aliphatic imine (C=N–C) groups is 1. The second kappa shape index (κ2) is 9.62. The van der Waals surface area contributed by atoms with E-state index in [9.17, 15) is 0 Å². The van der Waals surface area contributed by atoms with Crippen LogP contribution in [0, 0.1) is 5.92 Å². The average Bonchev–Trinajstić information content (AvgIpc) is 3.16. The first kappa shape index (κ1) is 22.2. The molecule has 5 rings (SSSR count). The molecule has 10 heteroatoms. The molecule has 0 bridgehead atoms. The van der Waals surface area contributed by atoms with Crippen molar-refractivity contribution in [2.75, 3.05) is 32.1 Å². The van der Waals surface area contributed by atoms with Crippen LogP contribution in [0.2, 0.25) is 0 Å². The van der Waals surface area contributed by atoms with E-state index in [-0.39, 0.29) is 24.6 Å². The number of fused-ring (bicyclic) bond motifs is 1. The minimum atomic E-state index is -0.119.